The molecule has 1 aromatic carbocycles. The first-order valence-corrected chi connectivity index (χ1v) is 10.9. The van der Waals surface area contributed by atoms with Gasteiger partial charge in [0.25, 0.3) is 5.69 Å². The van der Waals surface area contributed by atoms with Gasteiger partial charge in [0.1, 0.15) is 5.69 Å². The largest absolute Gasteiger partial charge is 0.366 e. The van der Waals surface area contributed by atoms with Gasteiger partial charge in [-0.2, -0.15) is 5.26 Å². The Balaban J connectivity index is 1.84. The van der Waals surface area contributed by atoms with Crippen molar-refractivity contribution in [3.8, 4) is 6.07 Å². The van der Waals surface area contributed by atoms with Crippen molar-refractivity contribution >= 4 is 17.2 Å². The third-order valence-corrected chi connectivity index (χ3v) is 6.59. The number of nitriles is 1. The molecule has 162 valence electrons. The highest BCUT2D eigenvalue weighted by molar-refractivity contribution is 6.00. The van der Waals surface area contributed by atoms with Crippen LogP contribution in [0.4, 0.5) is 11.4 Å². The number of allylic oxidation sites excluding steroid dienone is 4. The monoisotopic (exact) mass is 420 g/mol. The summed E-state index contributed by atoms with van der Waals surface area (Å²) in [4.78, 5) is 26.8. The molecule has 3 aliphatic rings. The summed E-state index contributed by atoms with van der Waals surface area (Å²) in [6.07, 6.45) is 4.29. The Labute approximate surface area is 182 Å². The average Bonchev–Trinajstić information content (AvgIpc) is 2.72. The van der Waals surface area contributed by atoms with Gasteiger partial charge in [-0.05, 0) is 49.7 Å². The van der Waals surface area contributed by atoms with Gasteiger partial charge in [0.05, 0.1) is 22.5 Å². The minimum Gasteiger partial charge on any atom is -0.366 e. The van der Waals surface area contributed by atoms with Crippen LogP contribution in [0.25, 0.3) is 0 Å². The molecule has 31 heavy (non-hydrogen) atoms. The molecule has 2 heterocycles. The Morgan fingerprint density at radius 2 is 1.94 bits per heavy atom. The zero-order chi connectivity index (χ0) is 22.3. The molecule has 1 N–H and O–H groups in total. The number of piperidine rings is 1. The molecule has 0 unspecified atom stereocenters. The quantitative estimate of drug-likeness (QED) is 0.561. The highest BCUT2D eigenvalue weighted by Crippen LogP contribution is 2.47. The summed E-state index contributed by atoms with van der Waals surface area (Å²) in [6.45, 7) is 7.56. The average molecular weight is 421 g/mol. The fraction of sp³-hybridized carbons (Fsp3) is 0.500. The van der Waals surface area contributed by atoms with E-state index in [4.69, 9.17) is 0 Å². The van der Waals surface area contributed by atoms with Crippen LogP contribution in [0.5, 0.6) is 0 Å². The molecular weight excluding hydrogens is 392 g/mol. The number of hydrogen-bond donors (Lipinski definition) is 1. The van der Waals surface area contributed by atoms with E-state index in [2.05, 4.69) is 30.1 Å². The number of nitro groups is 1. The van der Waals surface area contributed by atoms with Crippen molar-refractivity contribution in [1.82, 2.24) is 5.32 Å². The van der Waals surface area contributed by atoms with E-state index in [1.807, 2.05) is 13.0 Å². The van der Waals surface area contributed by atoms with Crippen LogP contribution >= 0.6 is 0 Å². The first-order chi connectivity index (χ1) is 14.7. The van der Waals surface area contributed by atoms with Crippen LogP contribution in [-0.2, 0) is 4.79 Å². The number of carbonyl (C=O) groups excluding carboxylic acids is 1. The van der Waals surface area contributed by atoms with E-state index in [0.717, 1.165) is 38.0 Å². The van der Waals surface area contributed by atoms with Gasteiger partial charge in [-0.3, -0.25) is 14.9 Å². The van der Waals surface area contributed by atoms with Gasteiger partial charge in [0.15, 0.2) is 5.78 Å². The predicted octanol–water partition coefficient (Wildman–Crippen LogP) is 4.71. The lowest BCUT2D eigenvalue weighted by Gasteiger charge is -2.38. The summed E-state index contributed by atoms with van der Waals surface area (Å²) < 4.78 is 0. The van der Waals surface area contributed by atoms with E-state index >= 15 is 0 Å². The van der Waals surface area contributed by atoms with Crippen molar-refractivity contribution < 1.29 is 9.72 Å². The van der Waals surface area contributed by atoms with Gasteiger partial charge >= 0.3 is 0 Å². The lowest BCUT2D eigenvalue weighted by molar-refractivity contribution is -0.384. The third kappa shape index (κ3) is 3.83. The summed E-state index contributed by atoms with van der Waals surface area (Å²) in [6, 6.07) is 7.48. The fourth-order valence-electron chi connectivity index (χ4n) is 5.19. The third-order valence-electron chi connectivity index (χ3n) is 6.59. The molecule has 7 nitrogen and oxygen atoms in total. The van der Waals surface area contributed by atoms with Crippen LogP contribution in [0.2, 0.25) is 0 Å². The fourth-order valence-corrected chi connectivity index (χ4v) is 5.19. The second kappa shape index (κ2) is 7.84. The molecule has 0 aromatic heterocycles. The maximum Gasteiger partial charge on any atom is 0.292 e. The number of dihydropyridines is 1. The number of ketones is 1. The summed E-state index contributed by atoms with van der Waals surface area (Å²) in [5.41, 5.74) is 3.71. The number of nitro benzene ring substituents is 1. The highest BCUT2D eigenvalue weighted by Gasteiger charge is 2.41. The standard InChI is InChI=1S/C24H28N4O3/c1-15-17(14-25)22(23-18(26-15)12-24(2,3)13-21(23)29)16-7-8-19(20(11-16)28(30)31)27-9-5-4-6-10-27/h7-8,11,22,26H,4-6,9-10,12-13H2,1-3H3/t22-/m1/s1. The molecule has 1 aromatic rings. The van der Waals surface area contributed by atoms with Crippen molar-refractivity contribution in [1.29, 1.82) is 5.26 Å². The SMILES string of the molecule is CC1=C(C#N)[C@@H](c2ccc(N3CCCCC3)c([N+](=O)[O-])c2)C2=C(CC(C)(C)CC2=O)N1. The second-order valence-electron chi connectivity index (χ2n) is 9.59. The normalized spacial score (nSPS) is 23.2. The summed E-state index contributed by atoms with van der Waals surface area (Å²) in [5.74, 6) is -0.564. The maximum atomic E-state index is 13.2. The predicted molar refractivity (Wildman–Crippen MR) is 118 cm³/mol. The van der Waals surface area contributed by atoms with Crippen molar-refractivity contribution in [3.63, 3.8) is 0 Å². The molecule has 7 heteroatoms. The van der Waals surface area contributed by atoms with E-state index in [1.165, 1.54) is 0 Å². The van der Waals surface area contributed by atoms with Gasteiger partial charge in [-0.15, -0.1) is 0 Å². The molecule has 1 atom stereocenters. The van der Waals surface area contributed by atoms with Crippen molar-refractivity contribution in [3.05, 3.63) is 56.4 Å². The Morgan fingerprint density at radius 1 is 1.23 bits per heavy atom. The first kappa shape index (κ1) is 21.1. The van der Waals surface area contributed by atoms with E-state index in [0.29, 0.717) is 40.9 Å². The van der Waals surface area contributed by atoms with E-state index in [1.54, 1.807) is 12.1 Å². The summed E-state index contributed by atoms with van der Waals surface area (Å²) >= 11 is 0. The first-order valence-electron chi connectivity index (χ1n) is 10.9. The number of Topliss-reactive ketones (excluding diaryl/α,β-unsaturated/α-hetero) is 1. The minimum atomic E-state index is -0.570. The molecule has 0 radical (unpaired) electrons. The molecule has 0 bridgehead atoms. The molecule has 4 rings (SSSR count). The van der Waals surface area contributed by atoms with Crippen LogP contribution in [0.3, 0.4) is 0 Å². The van der Waals surface area contributed by atoms with Crippen LogP contribution in [0.15, 0.2) is 40.7 Å². The van der Waals surface area contributed by atoms with Gasteiger partial charge in [-0.25, -0.2) is 0 Å². The van der Waals surface area contributed by atoms with Crippen molar-refractivity contribution in [2.24, 2.45) is 5.41 Å². The zero-order valence-corrected chi connectivity index (χ0v) is 18.3. The van der Waals surface area contributed by atoms with Crippen LogP contribution < -0.4 is 10.2 Å². The van der Waals surface area contributed by atoms with Crippen LogP contribution in [0.1, 0.15) is 64.4 Å². The molecule has 0 amide bonds. The van der Waals surface area contributed by atoms with E-state index < -0.39 is 5.92 Å². The summed E-state index contributed by atoms with van der Waals surface area (Å²) in [7, 11) is 0. The van der Waals surface area contributed by atoms with Gasteiger partial charge in [0.2, 0.25) is 0 Å². The molecule has 0 spiro atoms. The topological polar surface area (TPSA) is 99.3 Å². The maximum absolute atomic E-state index is 13.2. The zero-order valence-electron chi connectivity index (χ0n) is 18.3. The Morgan fingerprint density at radius 3 is 2.58 bits per heavy atom. The van der Waals surface area contributed by atoms with Gasteiger partial charge in [-0.1, -0.05) is 19.9 Å². The Hall–Kier alpha value is -3.14. The van der Waals surface area contributed by atoms with E-state index in [-0.39, 0.29) is 21.8 Å². The minimum absolute atomic E-state index is 0.00626. The summed E-state index contributed by atoms with van der Waals surface area (Å²) in [5, 5.41) is 25.1. The molecular formula is C24H28N4O3. The number of rotatable bonds is 3. The van der Waals surface area contributed by atoms with Crippen LogP contribution in [0, 0.1) is 26.9 Å². The molecule has 1 fully saturated rings. The number of nitrogens with one attached hydrogen (secondary N) is 1. The lowest BCUT2D eigenvalue weighted by atomic mass is 9.69. The second-order valence-corrected chi connectivity index (χ2v) is 9.59. The number of benzene rings is 1. The van der Waals surface area contributed by atoms with Crippen molar-refractivity contribution in [2.75, 3.05) is 18.0 Å². The molecule has 1 saturated heterocycles. The number of anilines is 1. The van der Waals surface area contributed by atoms with E-state index in [9.17, 15) is 20.2 Å². The van der Waals surface area contributed by atoms with Gasteiger partial charge < -0.3 is 10.2 Å². The Kier molecular flexibility index (Phi) is 5.34. The molecule has 1 aliphatic carbocycles. The Bertz CT molecular complexity index is 1060. The molecule has 2 aliphatic heterocycles. The molecule has 0 saturated carbocycles. The highest BCUT2D eigenvalue weighted by atomic mass is 16.6. The number of hydrogen-bond acceptors (Lipinski definition) is 6. The van der Waals surface area contributed by atoms with Gasteiger partial charge in [0, 0.05) is 42.5 Å². The lowest BCUT2D eigenvalue weighted by Crippen LogP contribution is -2.37. The van der Waals surface area contributed by atoms with Crippen LogP contribution in [-0.4, -0.2) is 23.8 Å². The number of carbonyl (C=O) groups is 1. The van der Waals surface area contributed by atoms with Crippen molar-refractivity contribution in [2.45, 2.75) is 58.8 Å². The number of nitrogens with zero attached hydrogens (tertiary/aromatic N) is 3. The smallest absolute Gasteiger partial charge is 0.292 e.